The number of hydrogen-bond donors (Lipinski definition) is 4. The van der Waals surface area contributed by atoms with Gasteiger partial charge in [0.05, 0.1) is 11.9 Å². The van der Waals surface area contributed by atoms with E-state index in [1.54, 1.807) is 0 Å². The number of aromatic amines is 2. The van der Waals surface area contributed by atoms with Gasteiger partial charge in [0.1, 0.15) is 5.56 Å². The second-order valence-corrected chi connectivity index (χ2v) is 4.31. The molecule has 1 aromatic heterocycles. The Kier molecular flexibility index (Phi) is 3.76. The molecule has 4 N–H and O–H groups in total. The highest BCUT2D eigenvalue weighted by Gasteiger charge is 2.03. The first-order chi connectivity index (χ1) is 9.06. The van der Waals surface area contributed by atoms with Crippen LogP contribution >= 0.6 is 12.2 Å². The largest absolute Gasteiger partial charge is 0.494 e. The Morgan fingerprint density at radius 3 is 2.63 bits per heavy atom. The van der Waals surface area contributed by atoms with E-state index in [4.69, 9.17) is 12.2 Å². The molecule has 0 aliphatic carbocycles. The molecule has 2 aromatic rings. The van der Waals surface area contributed by atoms with Crippen LogP contribution in [0.15, 0.2) is 34.2 Å². The SMILES string of the molecule is Cc1ccc(N/N=C/c2c(O)[nH]c(=S)[nH]c2=O)cc1. The van der Waals surface area contributed by atoms with Gasteiger partial charge in [-0.1, -0.05) is 17.7 Å². The van der Waals surface area contributed by atoms with Crippen LogP contribution in [0.4, 0.5) is 5.69 Å². The first-order valence-corrected chi connectivity index (χ1v) is 5.88. The van der Waals surface area contributed by atoms with Crippen molar-refractivity contribution < 1.29 is 5.11 Å². The molecule has 6 nitrogen and oxygen atoms in total. The van der Waals surface area contributed by atoms with Crippen molar-refractivity contribution in [3.05, 3.63) is 50.5 Å². The van der Waals surface area contributed by atoms with Crippen molar-refractivity contribution in [1.82, 2.24) is 9.97 Å². The van der Waals surface area contributed by atoms with Crippen molar-refractivity contribution in [1.29, 1.82) is 0 Å². The van der Waals surface area contributed by atoms with Gasteiger partial charge in [-0.2, -0.15) is 5.10 Å². The molecule has 7 heteroatoms. The van der Waals surface area contributed by atoms with Crippen molar-refractivity contribution >= 4 is 24.1 Å². The standard InChI is InChI=1S/C12H12N4O2S/c1-7-2-4-8(5-3-7)16-13-6-9-10(17)14-12(19)15-11(9)18/h2-6,16H,1H3,(H3,14,15,17,18,19)/b13-6+. The smallest absolute Gasteiger partial charge is 0.264 e. The quantitative estimate of drug-likeness (QED) is 0.391. The van der Waals surface area contributed by atoms with Crippen molar-refractivity contribution in [3.8, 4) is 5.88 Å². The Balaban J connectivity index is 2.18. The first kappa shape index (κ1) is 13.0. The average Bonchev–Trinajstić information content (AvgIpc) is 2.34. The summed E-state index contributed by atoms with van der Waals surface area (Å²) in [6.07, 6.45) is 1.22. The van der Waals surface area contributed by atoms with Crippen LogP contribution in [-0.4, -0.2) is 21.3 Å². The zero-order chi connectivity index (χ0) is 13.8. The Labute approximate surface area is 113 Å². The number of aromatic hydroxyl groups is 1. The van der Waals surface area contributed by atoms with Crippen LogP contribution in [0.3, 0.4) is 0 Å². The highest BCUT2D eigenvalue weighted by atomic mass is 32.1. The predicted molar refractivity (Wildman–Crippen MR) is 76.3 cm³/mol. The summed E-state index contributed by atoms with van der Waals surface area (Å²) < 4.78 is 0.0612. The van der Waals surface area contributed by atoms with E-state index in [0.29, 0.717) is 0 Å². The zero-order valence-electron chi connectivity index (χ0n) is 10.1. The van der Waals surface area contributed by atoms with Gasteiger partial charge in [-0.05, 0) is 31.3 Å². The van der Waals surface area contributed by atoms with Crippen LogP contribution in [0, 0.1) is 11.7 Å². The van der Waals surface area contributed by atoms with E-state index in [0.717, 1.165) is 11.3 Å². The van der Waals surface area contributed by atoms with E-state index >= 15 is 0 Å². The van der Waals surface area contributed by atoms with Crippen molar-refractivity contribution in [2.24, 2.45) is 5.10 Å². The highest BCUT2D eigenvalue weighted by molar-refractivity contribution is 7.71. The fraction of sp³-hybridized carbons (Fsp3) is 0.0833. The molecule has 0 fully saturated rings. The zero-order valence-corrected chi connectivity index (χ0v) is 10.9. The van der Waals surface area contributed by atoms with Crippen molar-refractivity contribution in [2.75, 3.05) is 5.43 Å². The van der Waals surface area contributed by atoms with Gasteiger partial charge in [-0.25, -0.2) is 0 Å². The van der Waals surface area contributed by atoms with Crippen LogP contribution in [0.2, 0.25) is 0 Å². The summed E-state index contributed by atoms with van der Waals surface area (Å²) in [6, 6.07) is 7.58. The Morgan fingerprint density at radius 2 is 2.00 bits per heavy atom. The minimum atomic E-state index is -0.504. The van der Waals surface area contributed by atoms with Gasteiger partial charge < -0.3 is 10.1 Å². The predicted octanol–water partition coefficient (Wildman–Crippen LogP) is 1.89. The maximum absolute atomic E-state index is 11.5. The lowest BCUT2D eigenvalue weighted by molar-refractivity contribution is 0.449. The number of hydrogen-bond acceptors (Lipinski definition) is 5. The number of rotatable bonds is 3. The fourth-order valence-electron chi connectivity index (χ4n) is 1.40. The molecule has 19 heavy (non-hydrogen) atoms. The third-order valence-corrected chi connectivity index (χ3v) is 2.60. The molecule has 0 spiro atoms. The number of anilines is 1. The van der Waals surface area contributed by atoms with Crippen LogP contribution in [0.1, 0.15) is 11.1 Å². The summed E-state index contributed by atoms with van der Waals surface area (Å²) in [4.78, 5) is 16.3. The van der Waals surface area contributed by atoms with E-state index in [-0.39, 0.29) is 16.2 Å². The lowest BCUT2D eigenvalue weighted by Gasteiger charge is -2.00. The molecule has 0 amide bonds. The number of nitrogens with zero attached hydrogens (tertiary/aromatic N) is 1. The van der Waals surface area contributed by atoms with Crippen LogP contribution in [0.5, 0.6) is 5.88 Å². The molecular weight excluding hydrogens is 264 g/mol. The lowest BCUT2D eigenvalue weighted by atomic mass is 10.2. The summed E-state index contributed by atoms with van der Waals surface area (Å²) in [6.45, 7) is 1.98. The van der Waals surface area contributed by atoms with Gasteiger partial charge in [0.25, 0.3) is 5.56 Å². The van der Waals surface area contributed by atoms with Gasteiger partial charge in [0.15, 0.2) is 4.77 Å². The van der Waals surface area contributed by atoms with Gasteiger partial charge in [-0.15, -0.1) is 0 Å². The minimum absolute atomic E-state index is 0.00760. The number of aromatic nitrogens is 2. The van der Waals surface area contributed by atoms with E-state index in [1.807, 2.05) is 31.2 Å². The molecule has 0 radical (unpaired) electrons. The summed E-state index contributed by atoms with van der Waals surface area (Å²) in [5, 5.41) is 13.4. The van der Waals surface area contributed by atoms with E-state index in [2.05, 4.69) is 20.5 Å². The molecule has 1 aromatic carbocycles. The highest BCUT2D eigenvalue weighted by Crippen LogP contribution is 2.09. The molecule has 0 saturated carbocycles. The lowest BCUT2D eigenvalue weighted by Crippen LogP contribution is -2.14. The average molecular weight is 276 g/mol. The fourth-order valence-corrected chi connectivity index (χ4v) is 1.59. The number of aryl methyl sites for hydroxylation is 1. The van der Waals surface area contributed by atoms with Gasteiger partial charge >= 0.3 is 0 Å². The second kappa shape index (κ2) is 5.49. The van der Waals surface area contributed by atoms with Gasteiger partial charge in [-0.3, -0.25) is 15.2 Å². The second-order valence-electron chi connectivity index (χ2n) is 3.91. The number of H-pyrrole nitrogens is 2. The van der Waals surface area contributed by atoms with Gasteiger partial charge in [0, 0.05) is 0 Å². The summed E-state index contributed by atoms with van der Waals surface area (Å²) >= 11 is 4.72. The van der Waals surface area contributed by atoms with Crippen LogP contribution in [-0.2, 0) is 0 Å². The Hall–Kier alpha value is -2.41. The molecule has 0 aliphatic heterocycles. The summed E-state index contributed by atoms with van der Waals surface area (Å²) in [5.41, 5.74) is 4.18. The third kappa shape index (κ3) is 3.29. The molecule has 98 valence electrons. The monoisotopic (exact) mass is 276 g/mol. The van der Waals surface area contributed by atoms with E-state index < -0.39 is 5.56 Å². The molecule has 0 aliphatic rings. The molecule has 2 rings (SSSR count). The molecule has 1 heterocycles. The number of nitrogens with one attached hydrogen (secondary N) is 3. The third-order valence-electron chi connectivity index (χ3n) is 2.40. The van der Waals surface area contributed by atoms with Crippen molar-refractivity contribution in [2.45, 2.75) is 6.92 Å². The first-order valence-electron chi connectivity index (χ1n) is 5.47. The van der Waals surface area contributed by atoms with E-state index in [9.17, 15) is 9.90 Å². The maximum Gasteiger partial charge on any atom is 0.264 e. The van der Waals surface area contributed by atoms with Crippen molar-refractivity contribution in [3.63, 3.8) is 0 Å². The summed E-state index contributed by atoms with van der Waals surface area (Å²) in [5.74, 6) is -0.316. The Bertz CT molecular complexity index is 716. The molecule has 0 atom stereocenters. The maximum atomic E-state index is 11.5. The number of benzene rings is 1. The van der Waals surface area contributed by atoms with Crippen LogP contribution in [0.25, 0.3) is 0 Å². The molecular formula is C12H12N4O2S. The normalized spacial score (nSPS) is 10.8. The minimum Gasteiger partial charge on any atom is -0.494 e. The molecule has 0 bridgehead atoms. The molecule has 0 saturated heterocycles. The Morgan fingerprint density at radius 1 is 1.32 bits per heavy atom. The van der Waals surface area contributed by atoms with Crippen LogP contribution < -0.4 is 11.0 Å². The topological polar surface area (TPSA) is 93.3 Å². The van der Waals surface area contributed by atoms with Gasteiger partial charge in [0.2, 0.25) is 5.88 Å². The molecule has 0 unspecified atom stereocenters. The number of hydrazone groups is 1. The summed E-state index contributed by atoms with van der Waals surface area (Å²) in [7, 11) is 0. The van der Waals surface area contributed by atoms with E-state index in [1.165, 1.54) is 6.21 Å².